The topological polar surface area (TPSA) is 61.3 Å². The second-order valence-corrected chi connectivity index (χ2v) is 9.89. The first kappa shape index (κ1) is 23.9. The molecule has 3 nitrogen and oxygen atoms in total. The molecule has 0 atom stereocenters. The lowest BCUT2D eigenvalue weighted by Crippen LogP contribution is -2.37. The van der Waals surface area contributed by atoms with Crippen LogP contribution in [0.1, 0.15) is 64.5 Å². The Morgan fingerprint density at radius 3 is 1.45 bits per heavy atom. The van der Waals surface area contributed by atoms with Gasteiger partial charge in [-0.1, -0.05) is 35.3 Å². The number of benzene rings is 2. The molecule has 2 aromatic rings. The van der Waals surface area contributed by atoms with E-state index in [9.17, 15) is 0 Å². The van der Waals surface area contributed by atoms with E-state index in [-0.39, 0.29) is 11.2 Å². The summed E-state index contributed by atoms with van der Waals surface area (Å²) in [6, 6.07) is 11.4. The van der Waals surface area contributed by atoms with E-state index >= 15 is 0 Å². The Bertz CT molecular complexity index is 751. The molecule has 0 amide bonds. The smallest absolute Gasteiger partial charge is 0.0633 e. The van der Waals surface area contributed by atoms with Crippen LogP contribution in [0.15, 0.2) is 36.4 Å². The van der Waals surface area contributed by atoms with E-state index in [0.29, 0.717) is 10.0 Å². The summed E-state index contributed by atoms with van der Waals surface area (Å²) in [7, 11) is 0. The molecule has 0 aromatic heterocycles. The minimum atomic E-state index is -0.204. The number of nitrogens with two attached hydrogens (primary N) is 2. The number of hydrogen-bond donors (Lipinski definition) is 2. The first-order chi connectivity index (χ1) is 13.5. The molecule has 0 aliphatic carbocycles. The lowest BCUT2D eigenvalue weighted by molar-refractivity contribution is -0.130. The average molecular weight is 437 g/mol. The van der Waals surface area contributed by atoms with Gasteiger partial charge in [0.1, 0.15) is 0 Å². The summed E-state index contributed by atoms with van der Waals surface area (Å²) in [4.78, 5) is 0. The first-order valence-electron chi connectivity index (χ1n) is 10.3. The van der Waals surface area contributed by atoms with Crippen LogP contribution in [0.3, 0.4) is 0 Å². The van der Waals surface area contributed by atoms with Crippen molar-refractivity contribution in [1.82, 2.24) is 0 Å². The van der Waals surface area contributed by atoms with Gasteiger partial charge in [0.25, 0.3) is 0 Å². The molecule has 0 saturated heterocycles. The molecule has 5 heteroatoms. The predicted molar refractivity (Wildman–Crippen MR) is 127 cm³/mol. The highest BCUT2D eigenvalue weighted by molar-refractivity contribution is 6.31. The molecule has 4 N–H and O–H groups in total. The lowest BCUT2D eigenvalue weighted by atomic mass is 9.94. The van der Waals surface area contributed by atoms with Crippen LogP contribution >= 0.6 is 23.2 Å². The Morgan fingerprint density at radius 1 is 0.724 bits per heavy atom. The standard InChI is InChI=1S/C24H34Cl2N2O/c1-23(2,13-5-7-17-9-11-19(25)15-21(17)27)29-24(3,4)14-6-8-18-10-12-20(26)16-22(18)28/h9-12,15-16H,5-8,13-14,27-28H2,1-4H3. The van der Waals surface area contributed by atoms with Gasteiger partial charge in [-0.3, -0.25) is 0 Å². The molecule has 0 bridgehead atoms. The second-order valence-electron chi connectivity index (χ2n) is 9.01. The van der Waals surface area contributed by atoms with Crippen molar-refractivity contribution >= 4 is 34.6 Å². The van der Waals surface area contributed by atoms with Crippen molar-refractivity contribution in [3.63, 3.8) is 0 Å². The van der Waals surface area contributed by atoms with Crippen LogP contribution in [-0.2, 0) is 17.6 Å². The SMILES string of the molecule is CC(C)(CCCc1ccc(Cl)cc1N)OC(C)(C)CCCc1ccc(Cl)cc1N. The van der Waals surface area contributed by atoms with Crippen LogP contribution < -0.4 is 11.5 Å². The molecule has 0 heterocycles. The predicted octanol–water partition coefficient (Wildman–Crippen LogP) is 7.08. The minimum absolute atomic E-state index is 0.204. The number of aryl methyl sites for hydroxylation is 2. The van der Waals surface area contributed by atoms with Gasteiger partial charge in [-0.15, -0.1) is 0 Å². The Kier molecular flexibility index (Phi) is 8.28. The summed E-state index contributed by atoms with van der Waals surface area (Å²) in [6.45, 7) is 8.66. The summed E-state index contributed by atoms with van der Waals surface area (Å²) in [5.41, 5.74) is 15.5. The fourth-order valence-electron chi connectivity index (χ4n) is 3.85. The molecule has 2 aromatic carbocycles. The number of nitrogen functional groups attached to an aromatic ring is 2. The highest BCUT2D eigenvalue weighted by atomic mass is 35.5. The molecule has 160 valence electrons. The van der Waals surface area contributed by atoms with E-state index in [2.05, 4.69) is 27.7 Å². The molecule has 0 aliphatic rings. The third-order valence-electron chi connectivity index (χ3n) is 5.22. The van der Waals surface area contributed by atoms with Crippen molar-refractivity contribution in [1.29, 1.82) is 0 Å². The van der Waals surface area contributed by atoms with E-state index < -0.39 is 0 Å². The van der Waals surface area contributed by atoms with Crippen molar-refractivity contribution in [3.05, 3.63) is 57.6 Å². The van der Waals surface area contributed by atoms with Crippen LogP contribution in [-0.4, -0.2) is 11.2 Å². The van der Waals surface area contributed by atoms with E-state index in [0.717, 1.165) is 61.0 Å². The zero-order valence-electron chi connectivity index (χ0n) is 18.0. The lowest BCUT2D eigenvalue weighted by Gasteiger charge is -2.36. The van der Waals surface area contributed by atoms with Gasteiger partial charge in [-0.25, -0.2) is 0 Å². The monoisotopic (exact) mass is 436 g/mol. The number of anilines is 2. The summed E-state index contributed by atoms with van der Waals surface area (Å²) in [5.74, 6) is 0. The molecule has 0 spiro atoms. The molecule has 0 fully saturated rings. The van der Waals surface area contributed by atoms with E-state index in [1.807, 2.05) is 36.4 Å². The quantitative estimate of drug-likeness (QED) is 0.391. The van der Waals surface area contributed by atoms with Crippen LogP contribution in [0.5, 0.6) is 0 Å². The molecule has 29 heavy (non-hydrogen) atoms. The molecule has 0 aliphatic heterocycles. The Hall–Kier alpha value is -1.42. The largest absolute Gasteiger partial charge is 0.398 e. The van der Waals surface area contributed by atoms with Gasteiger partial charge in [0.05, 0.1) is 11.2 Å². The zero-order chi connectivity index (χ0) is 21.7. The summed E-state index contributed by atoms with van der Waals surface area (Å²) >= 11 is 12.0. The van der Waals surface area contributed by atoms with Gasteiger partial charge >= 0.3 is 0 Å². The van der Waals surface area contributed by atoms with Gasteiger partial charge in [-0.05, 0) is 102 Å². The summed E-state index contributed by atoms with van der Waals surface area (Å²) in [5, 5.41) is 1.36. The third kappa shape index (κ3) is 8.08. The van der Waals surface area contributed by atoms with Crippen LogP contribution in [0.4, 0.5) is 11.4 Å². The first-order valence-corrected chi connectivity index (χ1v) is 11.0. The van der Waals surface area contributed by atoms with Gasteiger partial charge in [0, 0.05) is 21.4 Å². The van der Waals surface area contributed by atoms with E-state index in [4.69, 9.17) is 39.4 Å². The maximum Gasteiger partial charge on any atom is 0.0633 e. The van der Waals surface area contributed by atoms with Gasteiger partial charge in [0.15, 0.2) is 0 Å². The fraction of sp³-hybridized carbons (Fsp3) is 0.500. The van der Waals surface area contributed by atoms with Crippen LogP contribution in [0, 0.1) is 0 Å². The number of hydrogen-bond acceptors (Lipinski definition) is 3. The van der Waals surface area contributed by atoms with Gasteiger partial charge in [-0.2, -0.15) is 0 Å². The van der Waals surface area contributed by atoms with E-state index in [1.165, 1.54) is 0 Å². The Morgan fingerprint density at radius 2 is 1.10 bits per heavy atom. The molecule has 2 rings (SSSR count). The Labute approximate surface area is 185 Å². The normalized spacial score (nSPS) is 12.3. The van der Waals surface area contributed by atoms with Crippen LogP contribution in [0.2, 0.25) is 10.0 Å². The highest BCUT2D eigenvalue weighted by Gasteiger charge is 2.28. The van der Waals surface area contributed by atoms with Crippen molar-refractivity contribution in [3.8, 4) is 0 Å². The average Bonchev–Trinajstić information content (AvgIpc) is 2.57. The van der Waals surface area contributed by atoms with Gasteiger partial charge < -0.3 is 16.2 Å². The number of rotatable bonds is 10. The highest BCUT2D eigenvalue weighted by Crippen LogP contribution is 2.30. The van der Waals surface area contributed by atoms with Crippen molar-refractivity contribution in [2.45, 2.75) is 77.4 Å². The zero-order valence-corrected chi connectivity index (χ0v) is 19.5. The van der Waals surface area contributed by atoms with Crippen molar-refractivity contribution in [2.75, 3.05) is 11.5 Å². The maximum atomic E-state index is 6.50. The molecular weight excluding hydrogens is 403 g/mol. The summed E-state index contributed by atoms with van der Waals surface area (Å²) < 4.78 is 6.50. The maximum absolute atomic E-state index is 6.50. The molecule has 0 saturated carbocycles. The fourth-order valence-corrected chi connectivity index (χ4v) is 4.21. The number of halogens is 2. The van der Waals surface area contributed by atoms with Crippen molar-refractivity contribution < 1.29 is 4.74 Å². The van der Waals surface area contributed by atoms with Gasteiger partial charge in [0.2, 0.25) is 0 Å². The summed E-state index contributed by atoms with van der Waals surface area (Å²) in [6.07, 6.45) is 5.79. The van der Waals surface area contributed by atoms with Crippen molar-refractivity contribution in [2.24, 2.45) is 0 Å². The van der Waals surface area contributed by atoms with E-state index in [1.54, 1.807) is 0 Å². The molecule has 0 unspecified atom stereocenters. The molecule has 0 radical (unpaired) electrons. The Balaban J connectivity index is 1.80. The second kappa shape index (κ2) is 10.1. The third-order valence-corrected chi connectivity index (χ3v) is 5.69. The minimum Gasteiger partial charge on any atom is -0.398 e. The molecular formula is C24H34Cl2N2O. The van der Waals surface area contributed by atoms with Crippen LogP contribution in [0.25, 0.3) is 0 Å². The number of ether oxygens (including phenoxy) is 1.